The van der Waals surface area contributed by atoms with Crippen LogP contribution in [0.15, 0.2) is 40.9 Å². The number of thiophene rings is 1. The molecule has 0 aromatic carbocycles. The van der Waals surface area contributed by atoms with Crippen molar-refractivity contribution in [3.8, 4) is 0 Å². The molecule has 0 radical (unpaired) electrons. The van der Waals surface area contributed by atoms with Gasteiger partial charge in [-0.3, -0.25) is 15.2 Å². The summed E-state index contributed by atoms with van der Waals surface area (Å²) in [6, 6.07) is 5.84. The van der Waals surface area contributed by atoms with Gasteiger partial charge < -0.3 is 0 Å². The Balaban J connectivity index is 2.05. The third-order valence-electron chi connectivity index (χ3n) is 2.13. The molecule has 0 aliphatic heterocycles. The lowest BCUT2D eigenvalue weighted by Gasteiger charge is -2.02. The molecule has 0 unspecified atom stereocenters. The highest BCUT2D eigenvalue weighted by molar-refractivity contribution is 7.98. The average Bonchev–Trinajstić information content (AvgIpc) is 2.85. The minimum atomic E-state index is -0.231. The lowest BCUT2D eigenvalue weighted by molar-refractivity contribution is 0.0957. The molecule has 0 spiro atoms. The second kappa shape index (κ2) is 5.81. The number of nitrogens with two attached hydrogens (primary N) is 1. The number of amides is 1. The van der Waals surface area contributed by atoms with Crippen LogP contribution in [0, 0.1) is 0 Å². The van der Waals surface area contributed by atoms with Gasteiger partial charge in [-0.2, -0.15) is 0 Å². The fourth-order valence-electron chi connectivity index (χ4n) is 1.31. The van der Waals surface area contributed by atoms with E-state index >= 15 is 0 Å². The molecule has 0 saturated carbocycles. The van der Waals surface area contributed by atoms with E-state index in [2.05, 4.69) is 10.4 Å². The van der Waals surface area contributed by atoms with Gasteiger partial charge in [0.1, 0.15) is 0 Å². The molecule has 0 saturated heterocycles. The van der Waals surface area contributed by atoms with Crippen LogP contribution < -0.4 is 11.3 Å². The average molecular weight is 265 g/mol. The monoisotopic (exact) mass is 265 g/mol. The maximum absolute atomic E-state index is 11.5. The van der Waals surface area contributed by atoms with Crippen molar-refractivity contribution in [1.82, 2.24) is 10.4 Å². The second-order valence-corrected chi connectivity index (χ2v) is 5.18. The number of nitrogen functional groups attached to an aromatic ring is 1. The van der Waals surface area contributed by atoms with Crippen molar-refractivity contribution < 1.29 is 4.79 Å². The van der Waals surface area contributed by atoms with Crippen LogP contribution in [0.2, 0.25) is 0 Å². The van der Waals surface area contributed by atoms with Crippen molar-refractivity contribution in [2.75, 3.05) is 0 Å². The number of pyridine rings is 1. The number of thioether (sulfide) groups is 1. The van der Waals surface area contributed by atoms with Crippen LogP contribution in [-0.4, -0.2) is 10.9 Å². The molecule has 0 aliphatic rings. The highest BCUT2D eigenvalue weighted by atomic mass is 32.2. The van der Waals surface area contributed by atoms with Crippen LogP contribution in [0.1, 0.15) is 15.2 Å². The van der Waals surface area contributed by atoms with Gasteiger partial charge in [-0.15, -0.1) is 23.1 Å². The molecule has 0 bridgehead atoms. The predicted molar refractivity (Wildman–Crippen MR) is 69.8 cm³/mol. The zero-order valence-corrected chi connectivity index (χ0v) is 10.6. The number of carbonyl (C=O) groups excluding carboxylic acids is 1. The minimum Gasteiger partial charge on any atom is -0.289 e. The minimum absolute atomic E-state index is 0.231. The fraction of sp³-hybridized carbons (Fsp3) is 0.0909. The first-order chi connectivity index (χ1) is 8.31. The van der Waals surface area contributed by atoms with Crippen molar-refractivity contribution in [2.45, 2.75) is 10.6 Å². The summed E-state index contributed by atoms with van der Waals surface area (Å²) >= 11 is 3.07. The number of aromatic nitrogens is 1. The van der Waals surface area contributed by atoms with Gasteiger partial charge in [-0.1, -0.05) is 0 Å². The van der Waals surface area contributed by atoms with E-state index in [1.54, 1.807) is 24.2 Å². The molecular formula is C11H11N3OS2. The van der Waals surface area contributed by atoms with Gasteiger partial charge in [-0.25, -0.2) is 5.84 Å². The lowest BCUT2D eigenvalue weighted by atomic mass is 10.3. The Morgan fingerprint density at radius 2 is 2.18 bits per heavy atom. The van der Waals surface area contributed by atoms with Crippen LogP contribution in [0.3, 0.4) is 0 Å². The van der Waals surface area contributed by atoms with E-state index in [1.165, 1.54) is 11.3 Å². The SMILES string of the molecule is NNC(=O)c1sccc1CSc1ccncc1. The smallest absolute Gasteiger partial charge is 0.275 e. The number of carbonyl (C=O) groups is 1. The number of hydrogen-bond donors (Lipinski definition) is 2. The van der Waals surface area contributed by atoms with Crippen molar-refractivity contribution >= 4 is 29.0 Å². The molecule has 2 aromatic rings. The summed E-state index contributed by atoms with van der Waals surface area (Å²) in [5.41, 5.74) is 3.16. The zero-order chi connectivity index (χ0) is 12.1. The molecule has 2 aromatic heterocycles. The molecule has 2 heterocycles. The molecule has 0 atom stereocenters. The van der Waals surface area contributed by atoms with Crippen LogP contribution in [0.4, 0.5) is 0 Å². The number of rotatable bonds is 4. The molecule has 3 N–H and O–H groups in total. The molecular weight excluding hydrogens is 254 g/mol. The van der Waals surface area contributed by atoms with E-state index in [0.717, 1.165) is 16.2 Å². The molecule has 1 amide bonds. The predicted octanol–water partition coefficient (Wildman–Crippen LogP) is 2.04. The maximum Gasteiger partial charge on any atom is 0.275 e. The molecule has 2 rings (SSSR count). The molecule has 6 heteroatoms. The number of hydrogen-bond acceptors (Lipinski definition) is 5. The first kappa shape index (κ1) is 12.1. The molecule has 0 fully saturated rings. The third kappa shape index (κ3) is 3.06. The lowest BCUT2D eigenvalue weighted by Crippen LogP contribution is -2.29. The first-order valence-electron chi connectivity index (χ1n) is 4.91. The van der Waals surface area contributed by atoms with Gasteiger partial charge in [0.2, 0.25) is 0 Å². The summed E-state index contributed by atoms with van der Waals surface area (Å²) < 4.78 is 0. The molecule has 0 aliphatic carbocycles. The van der Waals surface area contributed by atoms with Gasteiger partial charge in [0, 0.05) is 23.0 Å². The van der Waals surface area contributed by atoms with Crippen molar-refractivity contribution in [3.05, 3.63) is 46.4 Å². The van der Waals surface area contributed by atoms with E-state index in [4.69, 9.17) is 5.84 Å². The number of nitrogens with one attached hydrogen (secondary N) is 1. The Morgan fingerprint density at radius 1 is 1.41 bits per heavy atom. The van der Waals surface area contributed by atoms with E-state index in [-0.39, 0.29) is 5.91 Å². The van der Waals surface area contributed by atoms with E-state index in [9.17, 15) is 4.79 Å². The molecule has 4 nitrogen and oxygen atoms in total. The summed E-state index contributed by atoms with van der Waals surface area (Å²) in [4.78, 5) is 17.2. The Hall–Kier alpha value is -1.37. The standard InChI is InChI=1S/C11H11N3OS2/c12-14-11(15)10-8(3-6-16-10)7-17-9-1-4-13-5-2-9/h1-6H,7,12H2,(H,14,15). The summed E-state index contributed by atoms with van der Waals surface area (Å²) in [6.07, 6.45) is 3.51. The van der Waals surface area contributed by atoms with Crippen molar-refractivity contribution in [3.63, 3.8) is 0 Å². The topological polar surface area (TPSA) is 68.0 Å². The summed E-state index contributed by atoms with van der Waals surface area (Å²) in [5, 5.41) is 1.90. The normalized spacial score (nSPS) is 10.2. The maximum atomic E-state index is 11.5. The van der Waals surface area contributed by atoms with Crippen LogP contribution in [0.25, 0.3) is 0 Å². The Kier molecular flexibility index (Phi) is 4.13. The van der Waals surface area contributed by atoms with Gasteiger partial charge in [-0.05, 0) is 29.1 Å². The van der Waals surface area contributed by atoms with Crippen molar-refractivity contribution in [2.24, 2.45) is 5.84 Å². The van der Waals surface area contributed by atoms with Crippen LogP contribution in [-0.2, 0) is 5.75 Å². The van der Waals surface area contributed by atoms with Gasteiger partial charge in [0.25, 0.3) is 5.91 Å². The Labute approximate surface area is 107 Å². The largest absolute Gasteiger partial charge is 0.289 e. The van der Waals surface area contributed by atoms with E-state index < -0.39 is 0 Å². The van der Waals surface area contributed by atoms with Gasteiger partial charge in [0.05, 0.1) is 4.88 Å². The Bertz CT molecular complexity index is 498. The fourth-order valence-corrected chi connectivity index (χ4v) is 3.10. The summed E-state index contributed by atoms with van der Waals surface area (Å²) in [6.45, 7) is 0. The zero-order valence-electron chi connectivity index (χ0n) is 8.92. The number of hydrazine groups is 1. The third-order valence-corrected chi connectivity index (χ3v) is 4.14. The Morgan fingerprint density at radius 3 is 2.88 bits per heavy atom. The van der Waals surface area contributed by atoms with Crippen LogP contribution in [0.5, 0.6) is 0 Å². The van der Waals surface area contributed by atoms with E-state index in [1.807, 2.05) is 23.6 Å². The first-order valence-corrected chi connectivity index (χ1v) is 6.78. The number of nitrogens with zero attached hydrogens (tertiary/aromatic N) is 1. The quantitative estimate of drug-likeness (QED) is 0.384. The highest BCUT2D eigenvalue weighted by Crippen LogP contribution is 2.26. The second-order valence-electron chi connectivity index (χ2n) is 3.22. The van der Waals surface area contributed by atoms with Gasteiger partial charge in [0.15, 0.2) is 0 Å². The van der Waals surface area contributed by atoms with Gasteiger partial charge >= 0.3 is 0 Å². The highest BCUT2D eigenvalue weighted by Gasteiger charge is 2.11. The molecule has 17 heavy (non-hydrogen) atoms. The van der Waals surface area contributed by atoms with Crippen LogP contribution >= 0.6 is 23.1 Å². The molecule has 88 valence electrons. The van der Waals surface area contributed by atoms with E-state index in [0.29, 0.717) is 4.88 Å². The summed E-state index contributed by atoms with van der Waals surface area (Å²) in [5.74, 6) is 5.65. The van der Waals surface area contributed by atoms with Crippen molar-refractivity contribution in [1.29, 1.82) is 0 Å². The summed E-state index contributed by atoms with van der Waals surface area (Å²) in [7, 11) is 0.